The lowest BCUT2D eigenvalue weighted by molar-refractivity contribution is -0.122. The Morgan fingerprint density at radius 2 is 1.59 bits per heavy atom. The zero-order valence-electron chi connectivity index (χ0n) is 15.4. The largest absolute Gasteiger partial charge is 0.491 e. The average molecular weight is 364 g/mol. The van der Waals surface area contributed by atoms with E-state index in [0.29, 0.717) is 17.0 Å². The van der Waals surface area contributed by atoms with Crippen LogP contribution in [0, 0.1) is 6.92 Å². The number of carbonyl (C=O) groups is 3. The van der Waals surface area contributed by atoms with Crippen molar-refractivity contribution in [2.45, 2.75) is 26.9 Å². The molecular weight excluding hydrogens is 344 g/mol. The van der Waals surface area contributed by atoms with Crippen molar-refractivity contribution in [3.63, 3.8) is 0 Å². The van der Waals surface area contributed by atoms with E-state index in [1.165, 1.54) is 6.08 Å². The maximum Gasteiger partial charge on any atom is 0.335 e. The van der Waals surface area contributed by atoms with Crippen LogP contribution < -0.4 is 15.0 Å². The number of benzene rings is 2. The molecule has 6 nitrogen and oxygen atoms in total. The molecule has 4 amide bonds. The molecule has 1 fully saturated rings. The zero-order chi connectivity index (χ0) is 19.6. The van der Waals surface area contributed by atoms with Gasteiger partial charge < -0.3 is 4.74 Å². The van der Waals surface area contributed by atoms with E-state index in [1.807, 2.05) is 20.8 Å². The number of anilines is 1. The SMILES string of the molecule is Cc1ccc(N2C(=O)NC(=O)/C(=C/c3ccc(OC(C)C)cc3)C2=O)cc1. The van der Waals surface area contributed by atoms with E-state index in [4.69, 9.17) is 4.74 Å². The van der Waals surface area contributed by atoms with Gasteiger partial charge in [0.1, 0.15) is 11.3 Å². The smallest absolute Gasteiger partial charge is 0.335 e. The van der Waals surface area contributed by atoms with Crippen LogP contribution in [0.4, 0.5) is 10.5 Å². The van der Waals surface area contributed by atoms with E-state index in [-0.39, 0.29) is 11.7 Å². The Morgan fingerprint density at radius 1 is 0.963 bits per heavy atom. The zero-order valence-corrected chi connectivity index (χ0v) is 15.4. The number of imide groups is 2. The molecule has 0 spiro atoms. The van der Waals surface area contributed by atoms with Gasteiger partial charge in [0.05, 0.1) is 11.8 Å². The molecule has 1 N–H and O–H groups in total. The van der Waals surface area contributed by atoms with E-state index in [1.54, 1.807) is 48.5 Å². The first-order valence-electron chi connectivity index (χ1n) is 8.60. The topological polar surface area (TPSA) is 75.7 Å². The van der Waals surface area contributed by atoms with Gasteiger partial charge in [0, 0.05) is 0 Å². The lowest BCUT2D eigenvalue weighted by atomic mass is 10.1. The number of hydrogen-bond donors (Lipinski definition) is 1. The van der Waals surface area contributed by atoms with Crippen LogP contribution in [0.3, 0.4) is 0 Å². The van der Waals surface area contributed by atoms with E-state index in [2.05, 4.69) is 5.32 Å². The molecule has 0 atom stereocenters. The Morgan fingerprint density at radius 3 is 2.19 bits per heavy atom. The first-order valence-corrected chi connectivity index (χ1v) is 8.60. The third-order valence-corrected chi connectivity index (χ3v) is 3.96. The number of hydrogen-bond acceptors (Lipinski definition) is 4. The molecule has 0 saturated carbocycles. The van der Waals surface area contributed by atoms with E-state index >= 15 is 0 Å². The van der Waals surface area contributed by atoms with Crippen LogP contribution in [0.25, 0.3) is 6.08 Å². The maximum atomic E-state index is 12.8. The predicted molar refractivity (Wildman–Crippen MR) is 102 cm³/mol. The Kier molecular flexibility index (Phi) is 5.07. The summed E-state index contributed by atoms with van der Waals surface area (Å²) in [7, 11) is 0. The molecule has 0 unspecified atom stereocenters. The molecule has 1 saturated heterocycles. The quantitative estimate of drug-likeness (QED) is 0.666. The summed E-state index contributed by atoms with van der Waals surface area (Å²) in [5.74, 6) is -0.672. The first kappa shape index (κ1) is 18.4. The molecule has 27 heavy (non-hydrogen) atoms. The Bertz CT molecular complexity index is 912. The molecule has 0 bridgehead atoms. The molecule has 6 heteroatoms. The Balaban J connectivity index is 1.90. The lowest BCUT2D eigenvalue weighted by Gasteiger charge is -2.26. The van der Waals surface area contributed by atoms with Crippen molar-refractivity contribution in [1.29, 1.82) is 0 Å². The maximum absolute atomic E-state index is 12.8. The fraction of sp³-hybridized carbons (Fsp3) is 0.190. The highest BCUT2D eigenvalue weighted by atomic mass is 16.5. The molecule has 1 aliphatic heterocycles. The number of carbonyl (C=O) groups excluding carboxylic acids is 3. The molecule has 3 rings (SSSR count). The Labute approximate surface area is 157 Å². The third kappa shape index (κ3) is 4.06. The van der Waals surface area contributed by atoms with Crippen LogP contribution in [0.5, 0.6) is 5.75 Å². The normalized spacial score (nSPS) is 16.1. The number of urea groups is 1. The van der Waals surface area contributed by atoms with Crippen LogP contribution in [0.2, 0.25) is 0 Å². The summed E-state index contributed by atoms with van der Waals surface area (Å²) in [6.45, 7) is 5.76. The van der Waals surface area contributed by atoms with E-state index in [0.717, 1.165) is 10.5 Å². The summed E-state index contributed by atoms with van der Waals surface area (Å²) in [4.78, 5) is 38.1. The minimum atomic E-state index is -0.758. The lowest BCUT2D eigenvalue weighted by Crippen LogP contribution is -2.54. The fourth-order valence-electron chi connectivity index (χ4n) is 2.67. The Hall–Kier alpha value is -3.41. The fourth-order valence-corrected chi connectivity index (χ4v) is 2.67. The second-order valence-electron chi connectivity index (χ2n) is 6.53. The molecule has 0 aromatic heterocycles. The summed E-state index contributed by atoms with van der Waals surface area (Å²) in [6, 6.07) is 13.2. The van der Waals surface area contributed by atoms with Gasteiger partial charge in [-0.15, -0.1) is 0 Å². The van der Waals surface area contributed by atoms with Gasteiger partial charge in [-0.1, -0.05) is 29.8 Å². The summed E-state index contributed by atoms with van der Waals surface area (Å²) >= 11 is 0. The second kappa shape index (κ2) is 7.45. The minimum Gasteiger partial charge on any atom is -0.491 e. The molecule has 1 aliphatic rings. The molecule has 1 heterocycles. The van der Waals surface area contributed by atoms with Crippen LogP contribution in [0.1, 0.15) is 25.0 Å². The van der Waals surface area contributed by atoms with E-state index in [9.17, 15) is 14.4 Å². The van der Waals surface area contributed by atoms with Crippen molar-refractivity contribution in [1.82, 2.24) is 5.32 Å². The third-order valence-electron chi connectivity index (χ3n) is 3.96. The van der Waals surface area contributed by atoms with Crippen molar-refractivity contribution in [3.05, 3.63) is 65.2 Å². The number of amides is 4. The molecular formula is C21H20N2O4. The molecule has 2 aromatic rings. The number of nitrogens with one attached hydrogen (secondary N) is 1. The standard InChI is InChI=1S/C21H20N2O4/c1-13(2)27-17-10-6-15(7-11-17)12-18-19(24)22-21(26)23(20(18)25)16-8-4-14(3)5-9-16/h4-13H,1-3H3,(H,22,24,26)/b18-12-. The van der Waals surface area contributed by atoms with Gasteiger partial charge >= 0.3 is 6.03 Å². The highest BCUT2D eigenvalue weighted by Crippen LogP contribution is 2.23. The second-order valence-corrected chi connectivity index (χ2v) is 6.53. The highest BCUT2D eigenvalue weighted by Gasteiger charge is 2.36. The van der Waals surface area contributed by atoms with Crippen molar-refractivity contribution in [3.8, 4) is 5.75 Å². The number of ether oxygens (including phenoxy) is 1. The van der Waals surface area contributed by atoms with Gasteiger partial charge in [-0.05, 0) is 56.7 Å². The number of nitrogens with zero attached hydrogens (tertiary/aromatic N) is 1. The summed E-state index contributed by atoms with van der Waals surface area (Å²) in [5.41, 5.74) is 1.96. The monoisotopic (exact) mass is 364 g/mol. The van der Waals surface area contributed by atoms with Crippen molar-refractivity contribution < 1.29 is 19.1 Å². The van der Waals surface area contributed by atoms with Crippen LogP contribution in [0.15, 0.2) is 54.1 Å². The van der Waals surface area contributed by atoms with Gasteiger partial charge in [-0.2, -0.15) is 0 Å². The molecule has 138 valence electrons. The van der Waals surface area contributed by atoms with Crippen molar-refractivity contribution in [2.75, 3.05) is 4.90 Å². The van der Waals surface area contributed by atoms with Crippen LogP contribution in [-0.4, -0.2) is 23.9 Å². The number of rotatable bonds is 4. The number of aryl methyl sites for hydroxylation is 1. The highest BCUT2D eigenvalue weighted by molar-refractivity contribution is 6.39. The van der Waals surface area contributed by atoms with Crippen molar-refractivity contribution >= 4 is 29.6 Å². The van der Waals surface area contributed by atoms with Gasteiger partial charge in [-0.3, -0.25) is 14.9 Å². The summed E-state index contributed by atoms with van der Waals surface area (Å²) in [6.07, 6.45) is 1.51. The van der Waals surface area contributed by atoms with Crippen molar-refractivity contribution in [2.24, 2.45) is 0 Å². The van der Waals surface area contributed by atoms with Gasteiger partial charge in [0.2, 0.25) is 0 Å². The van der Waals surface area contributed by atoms with Crippen LogP contribution >= 0.6 is 0 Å². The molecule has 0 aliphatic carbocycles. The predicted octanol–water partition coefficient (Wildman–Crippen LogP) is 3.45. The van der Waals surface area contributed by atoms with Crippen LogP contribution in [-0.2, 0) is 9.59 Å². The van der Waals surface area contributed by atoms with Gasteiger partial charge in [0.15, 0.2) is 0 Å². The van der Waals surface area contributed by atoms with Gasteiger partial charge in [-0.25, -0.2) is 9.69 Å². The van der Waals surface area contributed by atoms with Gasteiger partial charge in [0.25, 0.3) is 11.8 Å². The molecule has 0 radical (unpaired) electrons. The average Bonchev–Trinajstić information content (AvgIpc) is 2.61. The summed E-state index contributed by atoms with van der Waals surface area (Å²) < 4.78 is 5.58. The van der Waals surface area contributed by atoms with E-state index < -0.39 is 17.8 Å². The number of barbiturate groups is 1. The molecule has 2 aromatic carbocycles. The minimum absolute atomic E-state index is 0.0500. The first-order chi connectivity index (χ1) is 12.8. The summed E-state index contributed by atoms with van der Waals surface area (Å²) in [5, 5.41) is 2.21.